The van der Waals surface area contributed by atoms with Crippen LogP contribution in [0, 0.1) is 5.92 Å². The largest absolute Gasteiger partial charge is 0.391 e. The van der Waals surface area contributed by atoms with Gasteiger partial charge in [-0.3, -0.25) is 9.69 Å². The molecule has 82 valence electrons. The molecule has 0 bridgehead atoms. The van der Waals surface area contributed by atoms with Crippen LogP contribution in [0.4, 0.5) is 0 Å². The number of carbonyl (C=O) groups excluding carboxylic acids is 1. The summed E-state index contributed by atoms with van der Waals surface area (Å²) in [5, 5.41) is 9.72. The number of hydrogen-bond donors (Lipinski definition) is 2. The topological polar surface area (TPSA) is 66.6 Å². The summed E-state index contributed by atoms with van der Waals surface area (Å²) in [7, 11) is 0. The number of carbonyl (C=O) groups is 1. The molecule has 0 saturated carbocycles. The first-order valence-corrected chi connectivity index (χ1v) is 5.08. The zero-order chi connectivity index (χ0) is 10.9. The van der Waals surface area contributed by atoms with Gasteiger partial charge in [-0.15, -0.1) is 0 Å². The minimum absolute atomic E-state index is 0.153. The van der Waals surface area contributed by atoms with Crippen molar-refractivity contribution in [2.45, 2.75) is 38.8 Å². The van der Waals surface area contributed by atoms with Gasteiger partial charge in [0.05, 0.1) is 6.10 Å². The first-order chi connectivity index (χ1) is 6.35. The van der Waals surface area contributed by atoms with Gasteiger partial charge in [-0.2, -0.15) is 0 Å². The first-order valence-electron chi connectivity index (χ1n) is 5.08. The van der Waals surface area contributed by atoms with Crippen molar-refractivity contribution in [1.29, 1.82) is 0 Å². The Morgan fingerprint density at radius 3 is 2.64 bits per heavy atom. The standard InChI is InChI=1S/C10H20N2O2/c1-7(9(11)14)6-12-5-4-8(13)10(12,2)3/h7-8,13H,4-6H2,1-3H3,(H2,11,14). The van der Waals surface area contributed by atoms with Crippen molar-refractivity contribution in [3.05, 3.63) is 0 Å². The maximum absolute atomic E-state index is 10.9. The Balaban J connectivity index is 2.58. The number of nitrogens with zero attached hydrogens (tertiary/aromatic N) is 1. The molecule has 1 aliphatic rings. The molecule has 2 unspecified atom stereocenters. The number of nitrogens with two attached hydrogens (primary N) is 1. The van der Waals surface area contributed by atoms with Gasteiger partial charge < -0.3 is 10.8 Å². The minimum atomic E-state index is -0.303. The van der Waals surface area contributed by atoms with Gasteiger partial charge in [0.15, 0.2) is 0 Å². The molecule has 4 heteroatoms. The number of likely N-dealkylation sites (tertiary alicyclic amines) is 1. The van der Waals surface area contributed by atoms with Crippen LogP contribution in [-0.4, -0.2) is 40.6 Å². The molecular weight excluding hydrogens is 180 g/mol. The molecule has 1 saturated heterocycles. The van der Waals surface area contributed by atoms with Crippen molar-refractivity contribution in [3.63, 3.8) is 0 Å². The van der Waals surface area contributed by atoms with Gasteiger partial charge in [0.25, 0.3) is 0 Å². The van der Waals surface area contributed by atoms with Crippen LogP contribution in [0.15, 0.2) is 0 Å². The first kappa shape index (κ1) is 11.5. The molecule has 1 aliphatic heterocycles. The molecule has 4 nitrogen and oxygen atoms in total. The van der Waals surface area contributed by atoms with Crippen molar-refractivity contribution in [2.24, 2.45) is 11.7 Å². The lowest BCUT2D eigenvalue weighted by Gasteiger charge is -2.34. The summed E-state index contributed by atoms with van der Waals surface area (Å²) in [6.07, 6.45) is 0.473. The third-order valence-corrected chi connectivity index (χ3v) is 3.28. The molecule has 0 spiro atoms. The molecule has 0 radical (unpaired) electrons. The van der Waals surface area contributed by atoms with Crippen LogP contribution in [0.1, 0.15) is 27.2 Å². The molecule has 2 atom stereocenters. The second kappa shape index (κ2) is 3.87. The summed E-state index contributed by atoms with van der Waals surface area (Å²) in [5.41, 5.74) is 4.98. The number of aliphatic hydroxyl groups excluding tert-OH is 1. The number of rotatable bonds is 3. The molecule has 0 aromatic carbocycles. The highest BCUT2D eigenvalue weighted by molar-refractivity contribution is 5.76. The quantitative estimate of drug-likeness (QED) is 0.671. The molecule has 0 aliphatic carbocycles. The molecule has 3 N–H and O–H groups in total. The van der Waals surface area contributed by atoms with E-state index in [0.29, 0.717) is 6.54 Å². The Kier molecular flexibility index (Phi) is 3.17. The van der Waals surface area contributed by atoms with Gasteiger partial charge in [-0.25, -0.2) is 0 Å². The molecule has 0 aromatic heterocycles. The van der Waals surface area contributed by atoms with E-state index in [0.717, 1.165) is 13.0 Å². The summed E-state index contributed by atoms with van der Waals surface area (Å²) in [4.78, 5) is 13.0. The van der Waals surface area contributed by atoms with Crippen LogP contribution in [0.5, 0.6) is 0 Å². The zero-order valence-electron chi connectivity index (χ0n) is 9.16. The zero-order valence-corrected chi connectivity index (χ0v) is 9.16. The predicted octanol–water partition coefficient (Wildman–Crippen LogP) is -0.0470. The third-order valence-electron chi connectivity index (χ3n) is 3.28. The molecule has 0 aromatic rings. The lowest BCUT2D eigenvalue weighted by Crippen LogP contribution is -2.48. The van der Waals surface area contributed by atoms with Crippen LogP contribution in [0.25, 0.3) is 0 Å². The lowest BCUT2D eigenvalue weighted by molar-refractivity contribution is -0.122. The number of primary amides is 1. The highest BCUT2D eigenvalue weighted by Gasteiger charge is 2.40. The predicted molar refractivity (Wildman–Crippen MR) is 54.6 cm³/mol. The maximum atomic E-state index is 10.9. The van der Waals surface area contributed by atoms with Crippen molar-refractivity contribution in [3.8, 4) is 0 Å². The molecule has 1 fully saturated rings. The smallest absolute Gasteiger partial charge is 0.221 e. The summed E-state index contributed by atoms with van der Waals surface area (Å²) in [6.45, 7) is 7.30. The van der Waals surface area contributed by atoms with Gasteiger partial charge in [0.2, 0.25) is 5.91 Å². The number of hydrogen-bond acceptors (Lipinski definition) is 3. The Hall–Kier alpha value is -0.610. The Morgan fingerprint density at radius 1 is 1.71 bits per heavy atom. The monoisotopic (exact) mass is 200 g/mol. The van der Waals surface area contributed by atoms with E-state index in [-0.39, 0.29) is 23.5 Å². The Bertz CT molecular complexity index is 228. The second-order valence-electron chi connectivity index (χ2n) is 4.71. The summed E-state index contributed by atoms with van der Waals surface area (Å²) in [6, 6.07) is 0. The van der Waals surface area contributed by atoms with E-state index in [1.54, 1.807) is 0 Å². The van der Waals surface area contributed by atoms with E-state index < -0.39 is 0 Å². The third kappa shape index (κ3) is 2.07. The fraction of sp³-hybridized carbons (Fsp3) is 0.900. The maximum Gasteiger partial charge on any atom is 0.221 e. The molecule has 1 rings (SSSR count). The van der Waals surface area contributed by atoms with Crippen LogP contribution in [0.3, 0.4) is 0 Å². The van der Waals surface area contributed by atoms with E-state index in [2.05, 4.69) is 4.90 Å². The van der Waals surface area contributed by atoms with Crippen molar-refractivity contribution < 1.29 is 9.90 Å². The molecule has 14 heavy (non-hydrogen) atoms. The Morgan fingerprint density at radius 2 is 2.29 bits per heavy atom. The van der Waals surface area contributed by atoms with E-state index in [4.69, 9.17) is 5.73 Å². The normalized spacial score (nSPS) is 29.0. The summed E-state index contributed by atoms with van der Waals surface area (Å²) in [5.74, 6) is -0.429. The van der Waals surface area contributed by atoms with Crippen LogP contribution in [0.2, 0.25) is 0 Å². The molecule has 1 heterocycles. The highest BCUT2D eigenvalue weighted by Crippen LogP contribution is 2.29. The number of amides is 1. The van der Waals surface area contributed by atoms with E-state index in [9.17, 15) is 9.90 Å². The van der Waals surface area contributed by atoms with Gasteiger partial charge in [-0.1, -0.05) is 6.92 Å². The van der Waals surface area contributed by atoms with Crippen molar-refractivity contribution >= 4 is 5.91 Å². The van der Waals surface area contributed by atoms with E-state index in [1.165, 1.54) is 0 Å². The Labute approximate surface area is 85.1 Å². The fourth-order valence-corrected chi connectivity index (χ4v) is 1.88. The van der Waals surface area contributed by atoms with E-state index in [1.807, 2.05) is 20.8 Å². The van der Waals surface area contributed by atoms with Crippen LogP contribution >= 0.6 is 0 Å². The SMILES string of the molecule is CC(CN1CCC(O)C1(C)C)C(N)=O. The van der Waals surface area contributed by atoms with Crippen molar-refractivity contribution in [1.82, 2.24) is 4.90 Å². The van der Waals surface area contributed by atoms with Crippen molar-refractivity contribution in [2.75, 3.05) is 13.1 Å². The highest BCUT2D eigenvalue weighted by atomic mass is 16.3. The molecule has 1 amide bonds. The summed E-state index contributed by atoms with van der Waals surface area (Å²) >= 11 is 0. The second-order valence-corrected chi connectivity index (χ2v) is 4.71. The van der Waals surface area contributed by atoms with E-state index >= 15 is 0 Å². The van der Waals surface area contributed by atoms with Gasteiger partial charge in [0, 0.05) is 24.5 Å². The summed E-state index contributed by atoms with van der Waals surface area (Å²) < 4.78 is 0. The van der Waals surface area contributed by atoms with Gasteiger partial charge in [0.1, 0.15) is 0 Å². The minimum Gasteiger partial charge on any atom is -0.391 e. The van der Waals surface area contributed by atoms with Crippen LogP contribution in [-0.2, 0) is 4.79 Å². The average molecular weight is 200 g/mol. The lowest BCUT2D eigenvalue weighted by atomic mass is 9.98. The van der Waals surface area contributed by atoms with Crippen LogP contribution < -0.4 is 5.73 Å². The van der Waals surface area contributed by atoms with Gasteiger partial charge in [-0.05, 0) is 20.3 Å². The molecular formula is C10H20N2O2. The fourth-order valence-electron chi connectivity index (χ4n) is 1.88. The number of aliphatic hydroxyl groups is 1. The van der Waals surface area contributed by atoms with Gasteiger partial charge >= 0.3 is 0 Å². The average Bonchev–Trinajstić information content (AvgIpc) is 2.31.